The molecule has 2 aliphatic rings. The molecular weight excluding hydrogens is 460 g/mol. The summed E-state index contributed by atoms with van der Waals surface area (Å²) >= 11 is 11.7. The highest BCUT2D eigenvalue weighted by atomic mass is 35.5. The van der Waals surface area contributed by atoms with Crippen molar-refractivity contribution in [3.63, 3.8) is 0 Å². The number of piperidine rings is 2. The number of nitrogens with zero attached hydrogens (tertiary/aromatic N) is 2. The van der Waals surface area contributed by atoms with Crippen molar-refractivity contribution in [1.82, 2.24) is 15.1 Å². The number of methoxy groups -OCH3 is 2. The van der Waals surface area contributed by atoms with E-state index in [0.717, 1.165) is 44.1 Å². The van der Waals surface area contributed by atoms with Gasteiger partial charge in [0.2, 0.25) is 0 Å². The van der Waals surface area contributed by atoms with Crippen LogP contribution in [-0.2, 0) is 4.74 Å². The van der Waals surface area contributed by atoms with Crippen molar-refractivity contribution >= 4 is 40.4 Å². The number of rotatable bonds is 7. The zero-order chi connectivity index (χ0) is 24.1. The molecule has 0 aliphatic carbocycles. The van der Waals surface area contributed by atoms with Gasteiger partial charge in [0.15, 0.2) is 0 Å². The van der Waals surface area contributed by atoms with Crippen LogP contribution in [0.3, 0.4) is 0 Å². The van der Waals surface area contributed by atoms with E-state index in [-0.39, 0.29) is 18.1 Å². The molecule has 9 heteroatoms. The molecule has 0 bridgehead atoms. The number of carbonyl (C=O) groups excluding carboxylic acids is 1. The van der Waals surface area contributed by atoms with E-state index in [2.05, 4.69) is 29.0 Å². The molecule has 33 heavy (non-hydrogen) atoms. The first-order chi connectivity index (χ1) is 15.7. The number of hydrogen-bond donors (Lipinski definition) is 2. The second-order valence-electron chi connectivity index (χ2n) is 9.40. The van der Waals surface area contributed by atoms with Crippen LogP contribution < -0.4 is 15.8 Å². The average Bonchev–Trinajstić information content (AvgIpc) is 2.81. The summed E-state index contributed by atoms with van der Waals surface area (Å²) in [6, 6.07) is 3.05. The SMILES string of the molecule is COc1cc(N)c(Cl)cc1C(=O)NC1CCN(CC2CCN(C(=S)C(C)C)CC2)CC1OC. The summed E-state index contributed by atoms with van der Waals surface area (Å²) in [6.07, 6.45) is 3.08. The lowest BCUT2D eigenvalue weighted by Crippen LogP contribution is -2.55. The number of anilines is 1. The first kappa shape index (κ1) is 26.0. The molecule has 2 heterocycles. The molecule has 1 amide bonds. The number of amides is 1. The van der Waals surface area contributed by atoms with Crippen LogP contribution in [0.2, 0.25) is 5.02 Å². The van der Waals surface area contributed by atoms with Gasteiger partial charge in [-0.25, -0.2) is 0 Å². The topological polar surface area (TPSA) is 80.1 Å². The number of benzene rings is 1. The summed E-state index contributed by atoms with van der Waals surface area (Å²) in [6.45, 7) is 9.22. The molecule has 0 radical (unpaired) electrons. The summed E-state index contributed by atoms with van der Waals surface area (Å²) in [7, 11) is 3.22. The maximum Gasteiger partial charge on any atom is 0.255 e. The summed E-state index contributed by atoms with van der Waals surface area (Å²) < 4.78 is 11.1. The van der Waals surface area contributed by atoms with Gasteiger partial charge in [0, 0.05) is 51.8 Å². The van der Waals surface area contributed by atoms with Gasteiger partial charge < -0.3 is 30.3 Å². The van der Waals surface area contributed by atoms with Crippen molar-refractivity contribution in [3.05, 3.63) is 22.7 Å². The number of likely N-dealkylation sites (tertiary alicyclic amines) is 2. The van der Waals surface area contributed by atoms with E-state index in [1.807, 2.05) is 0 Å². The predicted octanol–water partition coefficient (Wildman–Crippen LogP) is 3.45. The maximum absolute atomic E-state index is 13.0. The highest BCUT2D eigenvalue weighted by Gasteiger charge is 2.33. The van der Waals surface area contributed by atoms with Gasteiger partial charge in [0.25, 0.3) is 5.91 Å². The number of nitrogens with two attached hydrogens (primary N) is 1. The molecule has 1 aromatic carbocycles. The van der Waals surface area contributed by atoms with Crippen LogP contribution in [0.25, 0.3) is 0 Å². The lowest BCUT2D eigenvalue weighted by atomic mass is 9.93. The van der Waals surface area contributed by atoms with Crippen LogP contribution in [0.4, 0.5) is 5.69 Å². The molecular formula is C24H37ClN4O3S. The normalized spacial score (nSPS) is 22.4. The molecule has 7 nitrogen and oxygen atoms in total. The third-order valence-electron chi connectivity index (χ3n) is 6.76. The third kappa shape index (κ3) is 6.50. The van der Waals surface area contributed by atoms with E-state index in [9.17, 15) is 4.79 Å². The van der Waals surface area contributed by atoms with Crippen molar-refractivity contribution in [2.24, 2.45) is 11.8 Å². The number of carbonyl (C=O) groups is 1. The Hall–Kier alpha value is -1.61. The molecule has 184 valence electrons. The molecule has 2 fully saturated rings. The van der Waals surface area contributed by atoms with E-state index in [4.69, 9.17) is 39.0 Å². The van der Waals surface area contributed by atoms with Gasteiger partial charge >= 0.3 is 0 Å². The molecule has 1 aromatic rings. The number of nitrogen functional groups attached to an aromatic ring is 1. The first-order valence-electron chi connectivity index (χ1n) is 11.7. The minimum Gasteiger partial charge on any atom is -0.496 e. The van der Waals surface area contributed by atoms with Gasteiger partial charge in [-0.15, -0.1) is 0 Å². The molecule has 0 saturated carbocycles. The van der Waals surface area contributed by atoms with Crippen molar-refractivity contribution in [3.8, 4) is 5.75 Å². The van der Waals surface area contributed by atoms with Crippen LogP contribution in [-0.4, -0.2) is 79.8 Å². The lowest BCUT2D eigenvalue weighted by molar-refractivity contribution is -0.000305. The smallest absolute Gasteiger partial charge is 0.255 e. The monoisotopic (exact) mass is 496 g/mol. The molecule has 2 saturated heterocycles. The van der Waals surface area contributed by atoms with Crippen LogP contribution in [0, 0.1) is 11.8 Å². The van der Waals surface area contributed by atoms with Crippen LogP contribution in [0.1, 0.15) is 43.5 Å². The van der Waals surface area contributed by atoms with Crippen LogP contribution in [0.5, 0.6) is 5.75 Å². The standard InChI is InChI=1S/C24H37ClN4O3S/c1-15(2)24(33)29-9-5-16(6-10-29)13-28-8-7-20(22(14-28)32-4)27-23(30)17-11-18(25)19(26)12-21(17)31-3/h11-12,15-16,20,22H,5-10,13-14,26H2,1-4H3,(H,27,30). The molecule has 3 rings (SSSR count). The average molecular weight is 497 g/mol. The zero-order valence-corrected chi connectivity index (χ0v) is 21.7. The lowest BCUT2D eigenvalue weighted by Gasteiger charge is -2.41. The van der Waals surface area contributed by atoms with Gasteiger partial charge in [-0.3, -0.25) is 4.79 Å². The largest absolute Gasteiger partial charge is 0.496 e. The van der Waals surface area contributed by atoms with Crippen molar-refractivity contribution in [2.75, 3.05) is 52.7 Å². The van der Waals surface area contributed by atoms with Gasteiger partial charge in [0.05, 0.1) is 40.5 Å². The molecule has 3 N–H and O–H groups in total. The zero-order valence-electron chi connectivity index (χ0n) is 20.1. The Morgan fingerprint density at radius 3 is 2.55 bits per heavy atom. The number of ether oxygens (including phenoxy) is 2. The van der Waals surface area contributed by atoms with E-state index < -0.39 is 0 Å². The fourth-order valence-corrected chi connectivity index (χ4v) is 5.12. The van der Waals surface area contributed by atoms with Crippen LogP contribution >= 0.6 is 23.8 Å². The Labute approximate surface area is 207 Å². The van der Waals surface area contributed by atoms with Crippen LogP contribution in [0.15, 0.2) is 12.1 Å². The number of thiocarbonyl (C=S) groups is 1. The molecule has 2 aliphatic heterocycles. The van der Waals surface area contributed by atoms with E-state index in [1.165, 1.54) is 20.0 Å². The summed E-state index contributed by atoms with van der Waals surface area (Å²) in [4.78, 5) is 18.9. The highest BCUT2D eigenvalue weighted by Crippen LogP contribution is 2.29. The molecule has 0 spiro atoms. The highest BCUT2D eigenvalue weighted by molar-refractivity contribution is 7.80. The fourth-order valence-electron chi connectivity index (χ4n) is 4.78. The molecule has 2 unspecified atom stereocenters. The maximum atomic E-state index is 13.0. The Morgan fingerprint density at radius 1 is 1.24 bits per heavy atom. The van der Waals surface area contributed by atoms with E-state index in [0.29, 0.717) is 33.9 Å². The van der Waals surface area contributed by atoms with Gasteiger partial charge in [-0.05, 0) is 31.2 Å². The number of halogens is 1. The van der Waals surface area contributed by atoms with E-state index in [1.54, 1.807) is 19.2 Å². The van der Waals surface area contributed by atoms with Gasteiger partial charge in [-0.1, -0.05) is 37.7 Å². The predicted molar refractivity (Wildman–Crippen MR) is 137 cm³/mol. The number of nitrogens with one attached hydrogen (secondary N) is 1. The Kier molecular flexibility index (Phi) is 9.21. The first-order valence-corrected chi connectivity index (χ1v) is 12.5. The molecule has 0 aromatic heterocycles. The third-order valence-corrected chi connectivity index (χ3v) is 7.82. The Morgan fingerprint density at radius 2 is 1.94 bits per heavy atom. The second-order valence-corrected chi connectivity index (χ2v) is 10.2. The Bertz CT molecular complexity index is 845. The van der Waals surface area contributed by atoms with Crippen molar-refractivity contribution < 1.29 is 14.3 Å². The Balaban J connectivity index is 1.53. The minimum absolute atomic E-state index is 0.0773. The summed E-state index contributed by atoms with van der Waals surface area (Å²) in [5, 5.41) is 3.45. The van der Waals surface area contributed by atoms with Gasteiger partial charge in [0.1, 0.15) is 5.75 Å². The van der Waals surface area contributed by atoms with E-state index >= 15 is 0 Å². The second kappa shape index (κ2) is 11.7. The fraction of sp³-hybridized carbons (Fsp3) is 0.667. The van der Waals surface area contributed by atoms with Gasteiger partial charge in [-0.2, -0.15) is 0 Å². The summed E-state index contributed by atoms with van der Waals surface area (Å²) in [5.74, 6) is 1.27. The van der Waals surface area contributed by atoms with Crippen molar-refractivity contribution in [1.29, 1.82) is 0 Å². The minimum atomic E-state index is -0.234. The number of hydrogen-bond acceptors (Lipinski definition) is 6. The van der Waals surface area contributed by atoms with Crippen molar-refractivity contribution in [2.45, 2.75) is 45.3 Å². The summed E-state index contributed by atoms with van der Waals surface area (Å²) in [5.41, 5.74) is 6.60. The molecule has 2 atom stereocenters. The quantitative estimate of drug-likeness (QED) is 0.442.